The first-order chi connectivity index (χ1) is 11.1. The van der Waals surface area contributed by atoms with Gasteiger partial charge in [0.2, 0.25) is 0 Å². The van der Waals surface area contributed by atoms with Crippen LogP contribution in [-0.4, -0.2) is 21.3 Å². The molecule has 0 aliphatic rings. The summed E-state index contributed by atoms with van der Waals surface area (Å²) in [5, 5.41) is 1.40. The summed E-state index contributed by atoms with van der Waals surface area (Å²) >= 11 is 3.06. The maximum atomic E-state index is 5.98. The fourth-order valence-electron chi connectivity index (χ4n) is 1.76. The molecular formula is C17H20N4S2. The van der Waals surface area contributed by atoms with E-state index in [1.165, 1.54) is 23.5 Å². The van der Waals surface area contributed by atoms with Crippen LogP contribution in [0.5, 0.6) is 0 Å². The van der Waals surface area contributed by atoms with Crippen LogP contribution in [0.4, 0.5) is 11.4 Å². The Morgan fingerprint density at radius 2 is 1.35 bits per heavy atom. The summed E-state index contributed by atoms with van der Waals surface area (Å²) in [6.45, 7) is 2.10. The number of thioether (sulfide) groups is 2. The SMILES string of the molecule is CC(CSC(N)=Nc1ccccc1)SC(N)=Nc1ccccc1. The molecule has 0 spiro atoms. The highest BCUT2D eigenvalue weighted by molar-refractivity contribution is 8.17. The largest absolute Gasteiger partial charge is 0.378 e. The summed E-state index contributed by atoms with van der Waals surface area (Å²) in [7, 11) is 0. The van der Waals surface area contributed by atoms with Crippen molar-refractivity contribution in [3.63, 3.8) is 0 Å². The van der Waals surface area contributed by atoms with Crippen molar-refractivity contribution in [1.82, 2.24) is 0 Å². The second kappa shape index (κ2) is 9.27. The van der Waals surface area contributed by atoms with Gasteiger partial charge in [-0.1, -0.05) is 66.8 Å². The molecule has 6 heteroatoms. The molecule has 0 saturated carbocycles. The summed E-state index contributed by atoms with van der Waals surface area (Å²) in [4.78, 5) is 8.75. The molecule has 0 aliphatic carbocycles. The maximum Gasteiger partial charge on any atom is 0.159 e. The third-order valence-electron chi connectivity index (χ3n) is 2.78. The summed E-state index contributed by atoms with van der Waals surface area (Å²) in [6, 6.07) is 19.4. The molecule has 2 rings (SSSR count). The van der Waals surface area contributed by atoms with Crippen molar-refractivity contribution in [2.24, 2.45) is 21.5 Å². The zero-order valence-electron chi connectivity index (χ0n) is 12.9. The van der Waals surface area contributed by atoms with Gasteiger partial charge >= 0.3 is 0 Å². The molecule has 0 aromatic heterocycles. The number of para-hydroxylation sites is 2. The number of rotatable bonds is 5. The van der Waals surface area contributed by atoms with Gasteiger partial charge in [-0.2, -0.15) is 0 Å². The zero-order valence-corrected chi connectivity index (χ0v) is 14.6. The fourth-order valence-corrected chi connectivity index (χ4v) is 3.38. The van der Waals surface area contributed by atoms with Gasteiger partial charge in [0.1, 0.15) is 0 Å². The minimum Gasteiger partial charge on any atom is -0.378 e. The molecule has 0 aliphatic heterocycles. The Balaban J connectivity index is 1.82. The Kier molecular flexibility index (Phi) is 7.03. The topological polar surface area (TPSA) is 76.8 Å². The van der Waals surface area contributed by atoms with Crippen LogP contribution in [0.25, 0.3) is 0 Å². The second-order valence-electron chi connectivity index (χ2n) is 4.81. The average molecular weight is 345 g/mol. The number of aliphatic imine (C=N–C) groups is 2. The van der Waals surface area contributed by atoms with E-state index >= 15 is 0 Å². The van der Waals surface area contributed by atoms with Crippen LogP contribution in [0.15, 0.2) is 70.6 Å². The predicted molar refractivity (Wildman–Crippen MR) is 105 cm³/mol. The number of nitrogens with zero attached hydrogens (tertiary/aromatic N) is 2. The molecule has 0 fully saturated rings. The van der Waals surface area contributed by atoms with Crippen LogP contribution >= 0.6 is 23.5 Å². The Bertz CT molecular complexity index is 657. The van der Waals surface area contributed by atoms with E-state index in [0.717, 1.165) is 17.1 Å². The minimum atomic E-state index is 0.289. The van der Waals surface area contributed by atoms with E-state index in [2.05, 4.69) is 16.9 Å². The van der Waals surface area contributed by atoms with Crippen molar-refractivity contribution in [3.8, 4) is 0 Å². The zero-order chi connectivity index (χ0) is 16.5. The van der Waals surface area contributed by atoms with Crippen LogP contribution < -0.4 is 11.5 Å². The summed E-state index contributed by atoms with van der Waals surface area (Å²) < 4.78 is 0. The Morgan fingerprint density at radius 3 is 1.87 bits per heavy atom. The highest BCUT2D eigenvalue weighted by Crippen LogP contribution is 2.20. The lowest BCUT2D eigenvalue weighted by atomic mass is 10.3. The van der Waals surface area contributed by atoms with Gasteiger partial charge in [-0.25, -0.2) is 9.98 Å². The molecule has 0 radical (unpaired) electrons. The molecular weight excluding hydrogens is 324 g/mol. The first-order valence-corrected chi connectivity index (χ1v) is 9.08. The van der Waals surface area contributed by atoms with E-state index in [1.54, 1.807) is 0 Å². The van der Waals surface area contributed by atoms with Gasteiger partial charge < -0.3 is 11.5 Å². The summed E-state index contributed by atoms with van der Waals surface area (Å²) in [5.41, 5.74) is 13.7. The summed E-state index contributed by atoms with van der Waals surface area (Å²) in [6.07, 6.45) is 0. The number of hydrogen-bond acceptors (Lipinski definition) is 4. The normalized spacial score (nSPS) is 13.8. The van der Waals surface area contributed by atoms with Crippen molar-refractivity contribution in [3.05, 3.63) is 60.7 Å². The lowest BCUT2D eigenvalue weighted by Gasteiger charge is -2.09. The van der Waals surface area contributed by atoms with Crippen molar-refractivity contribution < 1.29 is 0 Å². The van der Waals surface area contributed by atoms with Gasteiger partial charge in [-0.15, -0.1) is 0 Å². The lowest BCUT2D eigenvalue weighted by molar-refractivity contribution is 1.14. The number of hydrogen-bond donors (Lipinski definition) is 2. The van der Waals surface area contributed by atoms with Crippen molar-refractivity contribution >= 4 is 45.2 Å². The van der Waals surface area contributed by atoms with Crippen LogP contribution in [0.1, 0.15) is 6.92 Å². The highest BCUT2D eigenvalue weighted by atomic mass is 32.2. The standard InChI is InChI=1S/C17H20N4S2/c1-13(23-17(19)21-15-10-6-3-7-11-15)12-22-16(18)20-14-8-4-2-5-9-14/h2-11,13H,12H2,1H3,(H2,18,20)(H2,19,21). The van der Waals surface area contributed by atoms with Crippen LogP contribution in [0.3, 0.4) is 0 Å². The molecule has 23 heavy (non-hydrogen) atoms. The van der Waals surface area contributed by atoms with Gasteiger partial charge in [0.05, 0.1) is 11.4 Å². The van der Waals surface area contributed by atoms with E-state index in [4.69, 9.17) is 11.5 Å². The fraction of sp³-hybridized carbons (Fsp3) is 0.176. The maximum absolute atomic E-state index is 5.98. The lowest BCUT2D eigenvalue weighted by Crippen LogP contribution is -2.15. The minimum absolute atomic E-state index is 0.289. The van der Waals surface area contributed by atoms with Crippen LogP contribution in [0, 0.1) is 0 Å². The monoisotopic (exact) mass is 344 g/mol. The summed E-state index contributed by atoms with van der Waals surface area (Å²) in [5.74, 6) is 0.817. The third kappa shape index (κ3) is 6.80. The van der Waals surface area contributed by atoms with Gasteiger partial charge in [-0.3, -0.25) is 0 Å². The van der Waals surface area contributed by atoms with Crippen molar-refractivity contribution in [1.29, 1.82) is 0 Å². The predicted octanol–water partition coefficient (Wildman–Crippen LogP) is 4.13. The van der Waals surface area contributed by atoms with Crippen LogP contribution in [-0.2, 0) is 0 Å². The quantitative estimate of drug-likeness (QED) is 0.631. The molecule has 4 nitrogen and oxygen atoms in total. The molecule has 2 aromatic rings. The van der Waals surface area contributed by atoms with E-state index < -0.39 is 0 Å². The first kappa shape index (κ1) is 17.4. The van der Waals surface area contributed by atoms with E-state index in [9.17, 15) is 0 Å². The van der Waals surface area contributed by atoms with Crippen molar-refractivity contribution in [2.45, 2.75) is 12.2 Å². The third-order valence-corrected chi connectivity index (χ3v) is 4.95. The second-order valence-corrected chi connectivity index (χ2v) is 7.31. The molecule has 120 valence electrons. The molecule has 1 unspecified atom stereocenters. The van der Waals surface area contributed by atoms with Gasteiger partial charge in [0.15, 0.2) is 10.3 Å². The van der Waals surface area contributed by atoms with Gasteiger partial charge in [0, 0.05) is 11.0 Å². The smallest absolute Gasteiger partial charge is 0.159 e. The van der Waals surface area contributed by atoms with Crippen molar-refractivity contribution in [2.75, 3.05) is 5.75 Å². The average Bonchev–Trinajstić information content (AvgIpc) is 2.55. The first-order valence-electron chi connectivity index (χ1n) is 7.21. The van der Waals surface area contributed by atoms with E-state index in [0.29, 0.717) is 10.3 Å². The molecule has 0 bridgehead atoms. The number of amidine groups is 2. The molecule has 0 amide bonds. The van der Waals surface area contributed by atoms with E-state index in [-0.39, 0.29) is 5.25 Å². The Labute approximate surface area is 145 Å². The number of nitrogens with two attached hydrogens (primary N) is 2. The molecule has 0 heterocycles. The molecule has 1 atom stereocenters. The molecule has 4 N–H and O–H groups in total. The number of benzene rings is 2. The van der Waals surface area contributed by atoms with E-state index in [1.807, 2.05) is 60.7 Å². The highest BCUT2D eigenvalue weighted by Gasteiger charge is 2.07. The Morgan fingerprint density at radius 1 is 0.870 bits per heavy atom. The Hall–Kier alpha value is -1.92. The molecule has 0 saturated heterocycles. The van der Waals surface area contributed by atoms with Crippen LogP contribution in [0.2, 0.25) is 0 Å². The van der Waals surface area contributed by atoms with Gasteiger partial charge in [0.25, 0.3) is 0 Å². The molecule has 2 aromatic carbocycles. The van der Waals surface area contributed by atoms with Gasteiger partial charge in [-0.05, 0) is 24.3 Å².